The Labute approximate surface area is 192 Å². The highest BCUT2D eigenvalue weighted by Crippen LogP contribution is 2.34. The Hall–Kier alpha value is -3.16. The van der Waals surface area contributed by atoms with Gasteiger partial charge in [0.1, 0.15) is 0 Å². The Balaban J connectivity index is 1.48. The maximum absolute atomic E-state index is 13.0. The van der Waals surface area contributed by atoms with Gasteiger partial charge in [0.2, 0.25) is 0 Å². The number of rotatable bonds is 8. The van der Waals surface area contributed by atoms with E-state index in [-0.39, 0.29) is 5.91 Å². The normalized spacial score (nSPS) is 13.3. The van der Waals surface area contributed by atoms with Crippen molar-refractivity contribution < 1.29 is 14.3 Å². The topological polar surface area (TPSA) is 63.7 Å². The summed E-state index contributed by atoms with van der Waals surface area (Å²) in [5.41, 5.74) is 3.73. The van der Waals surface area contributed by atoms with Gasteiger partial charge in [-0.25, -0.2) is 4.98 Å². The molecule has 1 aromatic heterocycles. The first-order chi connectivity index (χ1) is 15.6. The number of amides is 1. The molecule has 3 aromatic rings. The molecule has 1 aliphatic heterocycles. The monoisotopic (exact) mass is 449 g/mol. The zero-order valence-electron chi connectivity index (χ0n) is 18.4. The summed E-state index contributed by atoms with van der Waals surface area (Å²) in [6.07, 6.45) is 3.23. The Morgan fingerprint density at radius 2 is 2.06 bits per heavy atom. The fourth-order valence-electron chi connectivity index (χ4n) is 3.93. The molecule has 0 spiro atoms. The highest BCUT2D eigenvalue weighted by atomic mass is 32.1. The summed E-state index contributed by atoms with van der Waals surface area (Å²) in [5, 5.41) is 3.59. The van der Waals surface area contributed by atoms with Crippen molar-refractivity contribution in [2.75, 3.05) is 26.1 Å². The van der Waals surface area contributed by atoms with E-state index in [1.807, 2.05) is 12.1 Å². The number of methoxy groups -OCH3 is 2. The molecule has 1 N–H and O–H groups in total. The second-order valence-corrected chi connectivity index (χ2v) is 8.74. The quantitative estimate of drug-likeness (QED) is 0.505. The molecule has 0 fully saturated rings. The molecule has 1 aliphatic rings. The number of hydrogen-bond acceptors (Lipinski definition) is 6. The molecular weight excluding hydrogens is 422 g/mol. The molecule has 166 valence electrons. The van der Waals surface area contributed by atoms with Crippen LogP contribution in [0.3, 0.4) is 0 Å². The second-order valence-electron chi connectivity index (χ2n) is 7.65. The van der Waals surface area contributed by atoms with Gasteiger partial charge in [-0.3, -0.25) is 15.0 Å². The van der Waals surface area contributed by atoms with Crippen LogP contribution in [0.25, 0.3) is 0 Å². The lowest BCUT2D eigenvalue weighted by molar-refractivity contribution is 0.102. The van der Waals surface area contributed by atoms with Crippen molar-refractivity contribution in [3.05, 3.63) is 82.4 Å². The molecule has 2 aromatic carbocycles. The molecule has 0 unspecified atom stereocenters. The Morgan fingerprint density at radius 3 is 2.78 bits per heavy atom. The van der Waals surface area contributed by atoms with Crippen molar-refractivity contribution >= 4 is 22.4 Å². The number of hydrogen-bond donors (Lipinski definition) is 1. The molecule has 0 bridgehead atoms. The smallest absolute Gasteiger partial charge is 0.257 e. The summed E-state index contributed by atoms with van der Waals surface area (Å²) in [4.78, 5) is 21.3. The first-order valence-electron chi connectivity index (χ1n) is 10.5. The molecule has 32 heavy (non-hydrogen) atoms. The first-order valence-corrected chi connectivity index (χ1v) is 11.3. The zero-order chi connectivity index (χ0) is 22.5. The van der Waals surface area contributed by atoms with Gasteiger partial charge in [0.05, 0.1) is 19.9 Å². The highest BCUT2D eigenvalue weighted by Gasteiger charge is 2.22. The molecule has 0 saturated heterocycles. The van der Waals surface area contributed by atoms with Gasteiger partial charge < -0.3 is 9.47 Å². The minimum absolute atomic E-state index is 0.219. The van der Waals surface area contributed by atoms with Crippen molar-refractivity contribution in [2.45, 2.75) is 25.9 Å². The number of anilines is 1. The first kappa shape index (κ1) is 22.0. The van der Waals surface area contributed by atoms with Gasteiger partial charge in [0, 0.05) is 42.1 Å². The van der Waals surface area contributed by atoms with Crippen LogP contribution in [-0.2, 0) is 25.9 Å². The SMILES string of the molecule is C=CCc1cc(C(=O)Nc2nc3c(s2)CN(Cc2ccccc2)CC3)cc(OC)c1OC. The van der Waals surface area contributed by atoms with Crippen molar-refractivity contribution in [3.8, 4) is 11.5 Å². The summed E-state index contributed by atoms with van der Waals surface area (Å²) >= 11 is 1.55. The second kappa shape index (κ2) is 9.97. The van der Waals surface area contributed by atoms with Gasteiger partial charge in [0.15, 0.2) is 16.6 Å². The van der Waals surface area contributed by atoms with Crippen LogP contribution in [-0.4, -0.2) is 36.6 Å². The number of ether oxygens (including phenoxy) is 2. The molecule has 0 aliphatic carbocycles. The molecular formula is C25H27N3O3S. The number of nitrogens with zero attached hydrogens (tertiary/aromatic N) is 2. The number of carbonyl (C=O) groups is 1. The van der Waals surface area contributed by atoms with Gasteiger partial charge in [-0.15, -0.1) is 17.9 Å². The molecule has 0 atom stereocenters. The zero-order valence-corrected chi connectivity index (χ0v) is 19.2. The predicted molar refractivity (Wildman–Crippen MR) is 128 cm³/mol. The summed E-state index contributed by atoms with van der Waals surface area (Å²) in [6, 6.07) is 14.0. The van der Waals surface area contributed by atoms with Gasteiger partial charge in [0.25, 0.3) is 5.91 Å². The van der Waals surface area contributed by atoms with Gasteiger partial charge >= 0.3 is 0 Å². The average Bonchev–Trinajstić information content (AvgIpc) is 3.20. The molecule has 2 heterocycles. The largest absolute Gasteiger partial charge is 0.493 e. The number of fused-ring (bicyclic) bond motifs is 1. The fourth-order valence-corrected chi connectivity index (χ4v) is 4.97. The van der Waals surface area contributed by atoms with E-state index >= 15 is 0 Å². The molecule has 0 saturated carbocycles. The number of aromatic nitrogens is 1. The van der Waals surface area contributed by atoms with E-state index in [0.29, 0.717) is 28.6 Å². The molecule has 6 nitrogen and oxygen atoms in total. The van der Waals surface area contributed by atoms with E-state index in [9.17, 15) is 4.79 Å². The van der Waals surface area contributed by atoms with Crippen LogP contribution < -0.4 is 14.8 Å². The standard InChI is InChI=1S/C25H27N3O3S/c1-4-8-18-13-19(14-21(30-2)23(18)31-3)24(29)27-25-26-20-11-12-28(16-22(20)32-25)15-17-9-6-5-7-10-17/h4-7,9-10,13-14H,1,8,11-12,15-16H2,2-3H3,(H,26,27,29). The maximum atomic E-state index is 13.0. The van der Waals surface area contributed by atoms with E-state index in [1.165, 1.54) is 10.4 Å². The lowest BCUT2D eigenvalue weighted by Gasteiger charge is -2.25. The number of thiazole rings is 1. The molecule has 1 amide bonds. The third-order valence-electron chi connectivity index (χ3n) is 5.46. The van der Waals surface area contributed by atoms with Crippen LogP contribution in [0.15, 0.2) is 55.1 Å². The summed E-state index contributed by atoms with van der Waals surface area (Å²) in [5.74, 6) is 0.919. The molecule has 7 heteroatoms. The Bertz CT molecular complexity index is 1110. The van der Waals surface area contributed by atoms with Crippen LogP contribution in [0.1, 0.15) is 32.1 Å². The van der Waals surface area contributed by atoms with Crippen LogP contribution in [0, 0.1) is 0 Å². The van der Waals surface area contributed by atoms with Crippen molar-refractivity contribution in [1.82, 2.24) is 9.88 Å². The molecule has 0 radical (unpaired) electrons. The average molecular weight is 450 g/mol. The number of benzene rings is 2. The lowest BCUT2D eigenvalue weighted by Crippen LogP contribution is -2.29. The molecule has 4 rings (SSSR count). The van der Waals surface area contributed by atoms with Crippen LogP contribution >= 0.6 is 11.3 Å². The van der Waals surface area contributed by atoms with E-state index in [1.54, 1.807) is 37.7 Å². The summed E-state index contributed by atoms with van der Waals surface area (Å²) in [6.45, 7) is 6.51. The van der Waals surface area contributed by atoms with E-state index in [2.05, 4.69) is 46.0 Å². The van der Waals surface area contributed by atoms with Crippen molar-refractivity contribution in [2.24, 2.45) is 0 Å². The van der Waals surface area contributed by atoms with Crippen molar-refractivity contribution in [3.63, 3.8) is 0 Å². The number of carbonyl (C=O) groups excluding carboxylic acids is 1. The minimum atomic E-state index is -0.219. The summed E-state index contributed by atoms with van der Waals surface area (Å²) < 4.78 is 10.9. The van der Waals surface area contributed by atoms with Gasteiger partial charge in [-0.1, -0.05) is 36.4 Å². The predicted octanol–water partition coefficient (Wildman–Crippen LogP) is 4.70. The Kier molecular flexibility index (Phi) is 6.87. The maximum Gasteiger partial charge on any atom is 0.257 e. The van der Waals surface area contributed by atoms with Gasteiger partial charge in [-0.05, 0) is 24.1 Å². The van der Waals surface area contributed by atoms with Crippen LogP contribution in [0.5, 0.6) is 11.5 Å². The van der Waals surface area contributed by atoms with E-state index < -0.39 is 0 Å². The van der Waals surface area contributed by atoms with Crippen molar-refractivity contribution in [1.29, 1.82) is 0 Å². The highest BCUT2D eigenvalue weighted by molar-refractivity contribution is 7.15. The number of allylic oxidation sites excluding steroid dienone is 1. The van der Waals surface area contributed by atoms with Crippen LogP contribution in [0.4, 0.5) is 5.13 Å². The van der Waals surface area contributed by atoms with Gasteiger partial charge in [-0.2, -0.15) is 0 Å². The van der Waals surface area contributed by atoms with E-state index in [0.717, 1.165) is 37.3 Å². The third kappa shape index (κ3) is 4.84. The fraction of sp³-hybridized carbons (Fsp3) is 0.280. The Morgan fingerprint density at radius 1 is 1.25 bits per heavy atom. The van der Waals surface area contributed by atoms with E-state index in [4.69, 9.17) is 9.47 Å². The third-order valence-corrected chi connectivity index (χ3v) is 6.46. The van der Waals surface area contributed by atoms with Crippen LogP contribution in [0.2, 0.25) is 0 Å². The number of nitrogens with one attached hydrogen (secondary N) is 1. The minimum Gasteiger partial charge on any atom is -0.493 e. The summed E-state index contributed by atoms with van der Waals surface area (Å²) in [7, 11) is 3.15. The lowest BCUT2D eigenvalue weighted by atomic mass is 10.1.